The Morgan fingerprint density at radius 2 is 1.95 bits per heavy atom. The summed E-state index contributed by atoms with van der Waals surface area (Å²) in [6.45, 7) is 0. The first-order valence-electron chi connectivity index (χ1n) is 5.10. The summed E-state index contributed by atoms with van der Waals surface area (Å²) in [5, 5.41) is 22.9. The fraction of sp³-hybridized carbons (Fsp3) is 0. The molecule has 0 spiro atoms. The molecule has 2 aromatic rings. The lowest BCUT2D eigenvalue weighted by molar-refractivity contribution is -0.385. The van der Waals surface area contributed by atoms with Gasteiger partial charge in [-0.25, -0.2) is 9.97 Å². The van der Waals surface area contributed by atoms with Crippen molar-refractivity contribution in [2.24, 2.45) is 0 Å². The van der Waals surface area contributed by atoms with Crippen molar-refractivity contribution in [2.45, 2.75) is 0 Å². The van der Waals surface area contributed by atoms with Crippen LogP contribution in [0.1, 0.15) is 10.4 Å². The van der Waals surface area contributed by atoms with Crippen molar-refractivity contribution < 1.29 is 14.6 Å². The quantitative estimate of drug-likeness (QED) is 0.515. The monoisotopic (exact) mass is 329 g/mol. The molecule has 0 atom stereocenters. The average Bonchev–Trinajstić information content (AvgIpc) is 2.87. The van der Waals surface area contributed by atoms with E-state index in [2.05, 4.69) is 15.3 Å². The molecule has 0 bridgehead atoms. The number of hydrogen-bond donors (Lipinski definition) is 1. The molecule has 1 amide bonds. The summed E-state index contributed by atoms with van der Waals surface area (Å²) in [5.74, 6) is -0.805. The van der Waals surface area contributed by atoms with Crippen molar-refractivity contribution in [1.29, 1.82) is 0 Å². The lowest BCUT2D eigenvalue weighted by atomic mass is 10.2. The zero-order valence-corrected chi connectivity index (χ0v) is 11.4. The van der Waals surface area contributed by atoms with E-state index in [-0.39, 0.29) is 20.8 Å². The number of hydrogen-bond acceptors (Lipinski definition) is 8. The Hall–Kier alpha value is -2.66. The summed E-state index contributed by atoms with van der Waals surface area (Å²) in [7, 11) is 0. The molecule has 0 saturated carbocycles. The number of amides is 1. The fourth-order valence-electron chi connectivity index (χ4n) is 1.27. The van der Waals surface area contributed by atoms with Gasteiger partial charge in [0.25, 0.3) is 11.6 Å². The zero-order chi connectivity index (χ0) is 15.6. The molecule has 0 radical (unpaired) electrons. The molecule has 0 fully saturated rings. The number of rotatable bonds is 4. The van der Waals surface area contributed by atoms with Crippen LogP contribution in [0.15, 0.2) is 18.5 Å². The van der Waals surface area contributed by atoms with Gasteiger partial charge in [-0.2, -0.15) is 0 Å². The molecule has 1 N–H and O–H groups in total. The fourth-order valence-corrected chi connectivity index (χ4v) is 2.08. The Kier molecular flexibility index (Phi) is 4.05. The van der Waals surface area contributed by atoms with E-state index >= 15 is 0 Å². The van der Waals surface area contributed by atoms with E-state index in [0.717, 1.165) is 18.5 Å². The van der Waals surface area contributed by atoms with Crippen LogP contribution in [0, 0.1) is 20.2 Å². The number of halogens is 1. The third-order valence-electron chi connectivity index (χ3n) is 2.17. The van der Waals surface area contributed by atoms with Gasteiger partial charge in [0.15, 0.2) is 5.13 Å². The summed E-state index contributed by atoms with van der Waals surface area (Å²) in [6.07, 6.45) is 1.89. The van der Waals surface area contributed by atoms with E-state index in [0.29, 0.717) is 11.3 Å². The third kappa shape index (κ3) is 3.27. The highest BCUT2D eigenvalue weighted by atomic mass is 35.5. The standard InChI is InChI=1S/C9H4ClN5O5S/c10-7-5(1-4(2-11-7)14(17)18)8(16)13-9-12-3-6(21-9)15(19)20/h1-3H,(H,12,13,16). The number of thiazole rings is 1. The first kappa shape index (κ1) is 14.7. The predicted octanol–water partition coefficient (Wildman–Crippen LogP) is 2.26. The van der Waals surface area contributed by atoms with Crippen LogP contribution in [-0.2, 0) is 0 Å². The van der Waals surface area contributed by atoms with Crippen LogP contribution in [0.2, 0.25) is 5.15 Å². The summed E-state index contributed by atoms with van der Waals surface area (Å²) >= 11 is 6.34. The Morgan fingerprint density at radius 1 is 1.24 bits per heavy atom. The van der Waals surface area contributed by atoms with Gasteiger partial charge in [0.05, 0.1) is 15.4 Å². The molecule has 0 aliphatic heterocycles. The number of aromatic nitrogens is 2. The maximum Gasteiger partial charge on any atom is 0.345 e. The minimum atomic E-state index is -0.805. The largest absolute Gasteiger partial charge is 0.345 e. The van der Waals surface area contributed by atoms with Crippen molar-refractivity contribution in [3.05, 3.63) is 49.4 Å². The maximum absolute atomic E-state index is 11.9. The van der Waals surface area contributed by atoms with E-state index in [1.165, 1.54) is 0 Å². The van der Waals surface area contributed by atoms with Crippen molar-refractivity contribution in [3.8, 4) is 0 Å². The number of nitro groups is 2. The second kappa shape index (κ2) is 5.76. The van der Waals surface area contributed by atoms with Crippen LogP contribution in [-0.4, -0.2) is 25.7 Å². The molecule has 21 heavy (non-hydrogen) atoms. The molecule has 108 valence electrons. The van der Waals surface area contributed by atoms with E-state index in [1.54, 1.807) is 0 Å². The molecule has 12 heteroatoms. The van der Waals surface area contributed by atoms with Gasteiger partial charge in [-0.1, -0.05) is 11.6 Å². The first-order chi connectivity index (χ1) is 9.88. The number of nitrogens with zero attached hydrogens (tertiary/aromatic N) is 4. The molecule has 0 saturated heterocycles. The highest BCUT2D eigenvalue weighted by Gasteiger charge is 2.19. The van der Waals surface area contributed by atoms with Crippen molar-refractivity contribution in [3.63, 3.8) is 0 Å². The average molecular weight is 330 g/mol. The van der Waals surface area contributed by atoms with Crippen molar-refractivity contribution in [1.82, 2.24) is 9.97 Å². The van der Waals surface area contributed by atoms with E-state index < -0.39 is 21.4 Å². The highest BCUT2D eigenvalue weighted by molar-refractivity contribution is 7.18. The second-order valence-electron chi connectivity index (χ2n) is 3.50. The van der Waals surface area contributed by atoms with E-state index in [9.17, 15) is 25.0 Å². The van der Waals surface area contributed by atoms with E-state index in [4.69, 9.17) is 11.6 Å². The Labute approximate surface area is 124 Å². The van der Waals surface area contributed by atoms with E-state index in [1.807, 2.05) is 0 Å². The van der Waals surface area contributed by atoms with Gasteiger partial charge in [-0.05, 0) is 11.3 Å². The summed E-state index contributed by atoms with van der Waals surface area (Å²) in [6, 6.07) is 0.951. The van der Waals surface area contributed by atoms with Crippen LogP contribution in [0.3, 0.4) is 0 Å². The van der Waals surface area contributed by atoms with Gasteiger partial charge in [-0.3, -0.25) is 30.3 Å². The van der Waals surface area contributed by atoms with Gasteiger partial charge in [0.1, 0.15) is 17.5 Å². The molecule has 0 aliphatic rings. The number of carbonyl (C=O) groups is 1. The second-order valence-corrected chi connectivity index (χ2v) is 4.87. The van der Waals surface area contributed by atoms with Crippen molar-refractivity contribution >= 4 is 44.7 Å². The van der Waals surface area contributed by atoms with Crippen LogP contribution >= 0.6 is 22.9 Å². The van der Waals surface area contributed by atoms with Gasteiger partial charge >= 0.3 is 5.00 Å². The minimum Gasteiger partial charge on any atom is -0.298 e. The van der Waals surface area contributed by atoms with Crippen molar-refractivity contribution in [2.75, 3.05) is 5.32 Å². The Morgan fingerprint density at radius 3 is 2.52 bits per heavy atom. The first-order valence-corrected chi connectivity index (χ1v) is 6.29. The molecule has 2 rings (SSSR count). The smallest absolute Gasteiger partial charge is 0.298 e. The molecule has 0 unspecified atom stereocenters. The predicted molar refractivity (Wildman–Crippen MR) is 72.6 cm³/mol. The molecular weight excluding hydrogens is 326 g/mol. The molecule has 2 aromatic heterocycles. The Balaban J connectivity index is 2.25. The zero-order valence-electron chi connectivity index (χ0n) is 9.85. The number of pyridine rings is 1. The van der Waals surface area contributed by atoms with Crippen LogP contribution in [0.5, 0.6) is 0 Å². The lowest BCUT2D eigenvalue weighted by Gasteiger charge is -2.02. The third-order valence-corrected chi connectivity index (χ3v) is 3.34. The topological polar surface area (TPSA) is 141 Å². The molecular formula is C9H4ClN5O5S. The molecule has 0 aliphatic carbocycles. The maximum atomic E-state index is 11.9. The van der Waals surface area contributed by atoms with Crippen LogP contribution in [0.4, 0.5) is 15.8 Å². The van der Waals surface area contributed by atoms with Crippen LogP contribution < -0.4 is 5.32 Å². The molecule has 0 aromatic carbocycles. The normalized spacial score (nSPS) is 10.1. The lowest BCUT2D eigenvalue weighted by Crippen LogP contribution is -2.13. The molecule has 2 heterocycles. The van der Waals surface area contributed by atoms with Gasteiger partial charge in [-0.15, -0.1) is 0 Å². The molecule has 10 nitrogen and oxygen atoms in total. The summed E-state index contributed by atoms with van der Waals surface area (Å²) < 4.78 is 0. The summed E-state index contributed by atoms with van der Waals surface area (Å²) in [4.78, 5) is 38.8. The number of nitrogens with one attached hydrogen (secondary N) is 1. The van der Waals surface area contributed by atoms with Gasteiger partial charge in [0, 0.05) is 6.07 Å². The number of anilines is 1. The van der Waals surface area contributed by atoms with Crippen LogP contribution in [0.25, 0.3) is 0 Å². The Bertz CT molecular complexity index is 748. The van der Waals surface area contributed by atoms with Gasteiger partial charge in [0.2, 0.25) is 0 Å². The minimum absolute atomic E-state index is 0.0331. The SMILES string of the molecule is O=C(Nc1ncc([N+](=O)[O-])s1)c1cc([N+](=O)[O-])cnc1Cl. The van der Waals surface area contributed by atoms with Gasteiger partial charge < -0.3 is 0 Å². The number of carbonyl (C=O) groups excluding carboxylic acids is 1. The highest BCUT2D eigenvalue weighted by Crippen LogP contribution is 2.26. The summed E-state index contributed by atoms with van der Waals surface area (Å²) in [5.41, 5.74) is -0.640.